The van der Waals surface area contributed by atoms with E-state index in [1.54, 1.807) is 6.92 Å². The Labute approximate surface area is 113 Å². The molecule has 0 N–H and O–H groups in total. The van der Waals surface area contributed by atoms with E-state index in [0.717, 1.165) is 6.20 Å². The lowest BCUT2D eigenvalue weighted by molar-refractivity contribution is -0.142. The largest absolute Gasteiger partial charge is 0.466 e. The number of pyridine rings is 1. The van der Waals surface area contributed by atoms with Crippen molar-refractivity contribution in [2.24, 2.45) is 0 Å². The van der Waals surface area contributed by atoms with Gasteiger partial charge in [-0.1, -0.05) is 11.6 Å². The molecule has 7 heteroatoms. The third kappa shape index (κ3) is 3.53. The van der Waals surface area contributed by atoms with E-state index in [1.165, 1.54) is 0 Å². The lowest BCUT2D eigenvalue weighted by Crippen LogP contribution is -2.11. The lowest BCUT2D eigenvalue weighted by Gasteiger charge is -2.11. The second-order valence-electron chi connectivity index (χ2n) is 3.37. The maximum atomic E-state index is 12.7. The molecule has 0 saturated carbocycles. The van der Waals surface area contributed by atoms with Crippen molar-refractivity contribution >= 4 is 29.2 Å². The van der Waals surface area contributed by atoms with Crippen LogP contribution in [0.15, 0.2) is 6.20 Å². The summed E-state index contributed by atoms with van der Waals surface area (Å²) in [6.07, 6.45) is -2.00. The molecule has 1 heterocycles. The Hall–Kier alpha value is -0.940. The molecule has 0 aromatic carbocycles. The summed E-state index contributed by atoms with van der Waals surface area (Å²) < 4.78 is 30.1. The molecule has 0 radical (unpaired) electrons. The third-order valence-electron chi connectivity index (χ3n) is 2.21. The highest BCUT2D eigenvalue weighted by Gasteiger charge is 2.20. The van der Waals surface area contributed by atoms with Gasteiger partial charge in [-0.25, -0.2) is 8.78 Å². The minimum Gasteiger partial charge on any atom is -0.466 e. The molecule has 1 aromatic rings. The van der Waals surface area contributed by atoms with E-state index >= 15 is 0 Å². The van der Waals surface area contributed by atoms with E-state index in [4.69, 9.17) is 27.9 Å². The molecular weight excluding hydrogens is 287 g/mol. The van der Waals surface area contributed by atoms with Crippen LogP contribution in [-0.4, -0.2) is 17.6 Å². The molecular formula is C11H11Cl2F2NO2. The summed E-state index contributed by atoms with van der Waals surface area (Å²) in [5.41, 5.74) is 0.0897. The maximum Gasteiger partial charge on any atom is 0.310 e. The van der Waals surface area contributed by atoms with Crippen molar-refractivity contribution in [1.82, 2.24) is 4.98 Å². The first-order valence-electron chi connectivity index (χ1n) is 5.17. The highest BCUT2D eigenvalue weighted by molar-refractivity contribution is 6.32. The Kier molecular flexibility index (Phi) is 5.75. The fourth-order valence-electron chi connectivity index (χ4n) is 1.39. The molecule has 3 nitrogen and oxygen atoms in total. The molecule has 0 aliphatic rings. The molecule has 0 fully saturated rings. The Morgan fingerprint density at radius 1 is 1.56 bits per heavy atom. The van der Waals surface area contributed by atoms with Crippen molar-refractivity contribution in [2.45, 2.75) is 25.7 Å². The summed E-state index contributed by atoms with van der Waals surface area (Å²) >= 11 is 11.5. The number of rotatable bonds is 5. The van der Waals surface area contributed by atoms with E-state index in [9.17, 15) is 13.6 Å². The highest BCUT2D eigenvalue weighted by Crippen LogP contribution is 2.31. The number of carbonyl (C=O) groups is 1. The molecule has 100 valence electrons. The van der Waals surface area contributed by atoms with Crippen LogP contribution in [0.3, 0.4) is 0 Å². The first-order valence-corrected chi connectivity index (χ1v) is 6.08. The molecule has 1 aromatic heterocycles. The summed E-state index contributed by atoms with van der Waals surface area (Å²) in [6, 6.07) is 0. The average molecular weight is 298 g/mol. The Balaban J connectivity index is 3.13. The highest BCUT2D eigenvalue weighted by atomic mass is 35.5. The number of halogens is 4. The molecule has 0 aliphatic heterocycles. The number of nitrogens with zero attached hydrogens (tertiary/aromatic N) is 1. The van der Waals surface area contributed by atoms with Crippen LogP contribution in [0, 0.1) is 0 Å². The van der Waals surface area contributed by atoms with Gasteiger partial charge in [-0.2, -0.15) is 0 Å². The SMILES string of the molecule is CCOC(=O)Cc1c(CCl)ncc(C(F)F)c1Cl. The van der Waals surface area contributed by atoms with Crippen LogP contribution in [-0.2, 0) is 21.8 Å². The third-order valence-corrected chi connectivity index (χ3v) is 2.91. The summed E-state index contributed by atoms with van der Waals surface area (Å²) in [4.78, 5) is 15.2. The van der Waals surface area contributed by atoms with Gasteiger partial charge in [-0.15, -0.1) is 11.6 Å². The zero-order valence-electron chi connectivity index (χ0n) is 9.55. The smallest absolute Gasteiger partial charge is 0.310 e. The van der Waals surface area contributed by atoms with Crippen molar-refractivity contribution in [1.29, 1.82) is 0 Å². The minimum absolute atomic E-state index is 0.0159. The zero-order valence-corrected chi connectivity index (χ0v) is 11.1. The minimum atomic E-state index is -2.75. The predicted octanol–water partition coefficient (Wildman–Crippen LogP) is 3.52. The maximum absolute atomic E-state index is 12.7. The predicted molar refractivity (Wildman–Crippen MR) is 64.1 cm³/mol. The molecule has 0 amide bonds. The molecule has 0 aliphatic carbocycles. The molecule has 0 saturated heterocycles. The molecule has 0 unspecified atom stereocenters. The fraction of sp³-hybridized carbons (Fsp3) is 0.455. The summed E-state index contributed by atoms with van der Waals surface area (Å²) in [5.74, 6) is -0.572. The topological polar surface area (TPSA) is 39.2 Å². The van der Waals surface area contributed by atoms with Crippen LogP contribution in [0.1, 0.15) is 30.2 Å². The molecule has 1 rings (SSSR count). The number of hydrogen-bond donors (Lipinski definition) is 0. The Morgan fingerprint density at radius 2 is 2.22 bits per heavy atom. The van der Waals surface area contributed by atoms with E-state index in [0.29, 0.717) is 5.69 Å². The van der Waals surface area contributed by atoms with Gasteiger partial charge in [0.05, 0.1) is 35.2 Å². The van der Waals surface area contributed by atoms with Gasteiger partial charge >= 0.3 is 5.97 Å². The zero-order chi connectivity index (χ0) is 13.7. The molecule has 0 spiro atoms. The van der Waals surface area contributed by atoms with Gasteiger partial charge in [0, 0.05) is 11.8 Å². The van der Waals surface area contributed by atoms with Crippen LogP contribution < -0.4 is 0 Å². The van der Waals surface area contributed by atoms with Gasteiger partial charge < -0.3 is 4.74 Å². The molecule has 0 bridgehead atoms. The van der Waals surface area contributed by atoms with Gasteiger partial charge in [-0.05, 0) is 6.92 Å². The fourth-order valence-corrected chi connectivity index (χ4v) is 1.92. The van der Waals surface area contributed by atoms with Crippen molar-refractivity contribution in [3.63, 3.8) is 0 Å². The standard InChI is InChI=1S/C11H11Cl2F2NO2/c1-2-18-9(17)3-6-8(4-12)16-5-7(10(6)13)11(14)15/h5,11H,2-4H2,1H3. The quantitative estimate of drug-likeness (QED) is 0.617. The van der Waals surface area contributed by atoms with Crippen molar-refractivity contribution in [3.05, 3.63) is 28.0 Å². The number of aromatic nitrogens is 1. The first-order chi connectivity index (χ1) is 8.51. The number of esters is 1. The number of hydrogen-bond acceptors (Lipinski definition) is 3. The van der Waals surface area contributed by atoms with E-state index in [2.05, 4.69) is 4.98 Å². The van der Waals surface area contributed by atoms with Crippen molar-refractivity contribution in [3.8, 4) is 0 Å². The molecule has 0 atom stereocenters. The Morgan fingerprint density at radius 3 is 2.72 bits per heavy atom. The summed E-state index contributed by atoms with van der Waals surface area (Å²) in [6.45, 7) is 1.85. The van der Waals surface area contributed by atoms with Gasteiger partial charge in [0.15, 0.2) is 0 Å². The van der Waals surface area contributed by atoms with Crippen molar-refractivity contribution < 1.29 is 18.3 Å². The number of carbonyl (C=O) groups excluding carboxylic acids is 1. The summed E-state index contributed by atoms with van der Waals surface area (Å²) in [5, 5.41) is -0.177. The number of ether oxygens (including phenoxy) is 1. The summed E-state index contributed by atoms with van der Waals surface area (Å²) in [7, 11) is 0. The molecule has 18 heavy (non-hydrogen) atoms. The van der Waals surface area contributed by atoms with Crippen LogP contribution in [0.5, 0.6) is 0 Å². The lowest BCUT2D eigenvalue weighted by atomic mass is 10.1. The Bertz CT molecular complexity index is 441. The van der Waals surface area contributed by atoms with E-state index in [1.807, 2.05) is 0 Å². The average Bonchev–Trinajstić information content (AvgIpc) is 2.31. The van der Waals surface area contributed by atoms with Crippen LogP contribution in [0.2, 0.25) is 5.02 Å². The van der Waals surface area contributed by atoms with E-state index in [-0.39, 0.29) is 29.5 Å². The van der Waals surface area contributed by atoms with Gasteiger partial charge in [0.2, 0.25) is 0 Å². The first kappa shape index (κ1) is 15.1. The van der Waals surface area contributed by atoms with Gasteiger partial charge in [-0.3, -0.25) is 9.78 Å². The normalized spacial score (nSPS) is 10.8. The van der Waals surface area contributed by atoms with Crippen molar-refractivity contribution in [2.75, 3.05) is 6.61 Å². The monoisotopic (exact) mass is 297 g/mol. The van der Waals surface area contributed by atoms with Gasteiger partial charge in [0.1, 0.15) is 0 Å². The van der Waals surface area contributed by atoms with E-state index < -0.39 is 18.0 Å². The van der Waals surface area contributed by atoms with Crippen LogP contribution in [0.25, 0.3) is 0 Å². The van der Waals surface area contributed by atoms with Crippen LogP contribution >= 0.6 is 23.2 Å². The van der Waals surface area contributed by atoms with Crippen LogP contribution in [0.4, 0.5) is 8.78 Å². The second-order valence-corrected chi connectivity index (χ2v) is 4.01. The van der Waals surface area contributed by atoms with Gasteiger partial charge in [0.25, 0.3) is 6.43 Å². The number of alkyl halides is 3. The second kappa shape index (κ2) is 6.85.